The van der Waals surface area contributed by atoms with Crippen molar-refractivity contribution in [2.45, 2.75) is 57.0 Å². The molecule has 4 heterocycles. The van der Waals surface area contributed by atoms with Crippen LogP contribution in [0.1, 0.15) is 50.4 Å². The van der Waals surface area contributed by atoms with E-state index in [1.54, 1.807) is 13.4 Å². The summed E-state index contributed by atoms with van der Waals surface area (Å²) in [6, 6.07) is 0.0151. The number of rotatable bonds is 4. The number of piperidine rings is 2. The van der Waals surface area contributed by atoms with Crippen molar-refractivity contribution in [3.8, 4) is 0 Å². The molecule has 0 aliphatic carbocycles. The lowest BCUT2D eigenvalue weighted by Crippen LogP contribution is -2.61. The molecule has 2 amide bonds. The van der Waals surface area contributed by atoms with Gasteiger partial charge in [0.15, 0.2) is 0 Å². The number of imidazole rings is 1. The predicted molar refractivity (Wildman–Crippen MR) is 108 cm³/mol. The molecule has 29 heavy (non-hydrogen) atoms. The number of nitrogens with zero attached hydrogens (tertiary/aromatic N) is 4. The third-order valence-electron chi connectivity index (χ3n) is 7.04. The minimum absolute atomic E-state index is 0.00497. The van der Waals surface area contributed by atoms with Gasteiger partial charge in [-0.15, -0.1) is 0 Å². The van der Waals surface area contributed by atoms with Crippen LogP contribution in [0.3, 0.4) is 0 Å². The van der Waals surface area contributed by atoms with Crippen molar-refractivity contribution in [3.05, 3.63) is 17.7 Å². The van der Waals surface area contributed by atoms with Gasteiger partial charge in [-0.25, -0.2) is 4.98 Å². The highest BCUT2D eigenvalue weighted by Crippen LogP contribution is 2.42. The van der Waals surface area contributed by atoms with Crippen molar-refractivity contribution in [1.82, 2.24) is 24.7 Å². The number of nitrogens with one attached hydrogen (secondary N) is 1. The van der Waals surface area contributed by atoms with Gasteiger partial charge in [-0.3, -0.25) is 14.5 Å². The predicted octanol–water partition coefficient (Wildman–Crippen LogP) is 1.13. The first-order chi connectivity index (χ1) is 14.1. The topological polar surface area (TPSA) is 81.8 Å². The molecule has 160 valence electrons. The highest BCUT2D eigenvalue weighted by molar-refractivity contribution is 5.82. The van der Waals surface area contributed by atoms with Gasteiger partial charge in [-0.05, 0) is 38.8 Å². The van der Waals surface area contributed by atoms with Crippen molar-refractivity contribution in [2.24, 2.45) is 0 Å². The smallest absolute Gasteiger partial charge is 0.249 e. The van der Waals surface area contributed by atoms with Crippen molar-refractivity contribution in [2.75, 3.05) is 46.4 Å². The Morgan fingerprint density at radius 3 is 2.76 bits per heavy atom. The summed E-state index contributed by atoms with van der Waals surface area (Å²) in [5.41, 5.74) is 1.67. The van der Waals surface area contributed by atoms with E-state index < -0.39 is 5.54 Å². The number of likely N-dealkylation sites (N-methyl/N-ethyl adjacent to an activating group) is 1. The van der Waals surface area contributed by atoms with Gasteiger partial charge in [0, 0.05) is 38.9 Å². The van der Waals surface area contributed by atoms with Gasteiger partial charge in [0.25, 0.3) is 0 Å². The van der Waals surface area contributed by atoms with Gasteiger partial charge in [-0.1, -0.05) is 13.3 Å². The van der Waals surface area contributed by atoms with E-state index in [4.69, 9.17) is 4.74 Å². The largest absolute Gasteiger partial charge is 0.375 e. The Labute approximate surface area is 172 Å². The van der Waals surface area contributed by atoms with E-state index in [0.29, 0.717) is 19.6 Å². The van der Waals surface area contributed by atoms with Gasteiger partial charge < -0.3 is 19.5 Å². The Morgan fingerprint density at radius 2 is 2.03 bits per heavy atom. The van der Waals surface area contributed by atoms with Crippen LogP contribution in [0.2, 0.25) is 0 Å². The molecule has 3 aliphatic heterocycles. The van der Waals surface area contributed by atoms with Crippen molar-refractivity contribution in [3.63, 3.8) is 0 Å². The van der Waals surface area contributed by atoms with E-state index in [9.17, 15) is 9.59 Å². The van der Waals surface area contributed by atoms with Gasteiger partial charge in [0.1, 0.15) is 6.61 Å². The molecule has 0 aromatic carbocycles. The van der Waals surface area contributed by atoms with Crippen molar-refractivity contribution in [1.29, 1.82) is 0 Å². The molecule has 1 spiro atoms. The van der Waals surface area contributed by atoms with Crippen molar-refractivity contribution >= 4 is 11.8 Å². The molecule has 3 aliphatic rings. The maximum absolute atomic E-state index is 13.3. The van der Waals surface area contributed by atoms with E-state index in [-0.39, 0.29) is 24.5 Å². The summed E-state index contributed by atoms with van der Waals surface area (Å²) in [6.07, 6.45) is 7.23. The van der Waals surface area contributed by atoms with E-state index in [0.717, 1.165) is 56.6 Å². The normalized spacial score (nSPS) is 24.6. The van der Waals surface area contributed by atoms with Crippen LogP contribution in [0.15, 0.2) is 6.33 Å². The molecular weight excluding hydrogens is 370 g/mol. The van der Waals surface area contributed by atoms with Crippen LogP contribution in [0.5, 0.6) is 0 Å². The molecule has 2 fully saturated rings. The lowest BCUT2D eigenvalue weighted by molar-refractivity contribution is -0.149. The van der Waals surface area contributed by atoms with Gasteiger partial charge in [0.2, 0.25) is 11.8 Å². The van der Waals surface area contributed by atoms with Crippen LogP contribution in [0.25, 0.3) is 0 Å². The highest BCUT2D eigenvalue weighted by atomic mass is 16.5. The summed E-state index contributed by atoms with van der Waals surface area (Å²) in [4.78, 5) is 40.2. The second kappa shape index (κ2) is 8.44. The SMILES string of the molecule is CCN1CCCC[C@H]1C(=O)N1CCC2(CC1)c1nc[nH]c1CCN2C(=O)COC. The molecule has 0 saturated carbocycles. The molecule has 0 bridgehead atoms. The number of amides is 2. The second-order valence-corrected chi connectivity index (χ2v) is 8.46. The molecular formula is C21H33N5O3. The Kier molecular flexibility index (Phi) is 5.92. The first-order valence-electron chi connectivity index (χ1n) is 11.0. The summed E-state index contributed by atoms with van der Waals surface area (Å²) in [5, 5.41) is 0. The zero-order chi connectivity index (χ0) is 20.4. The Hall–Kier alpha value is -1.93. The molecule has 1 atom stereocenters. The molecule has 2 saturated heterocycles. The number of aromatic nitrogens is 2. The van der Waals surface area contributed by atoms with Crippen LogP contribution in [0, 0.1) is 0 Å². The minimum Gasteiger partial charge on any atom is -0.375 e. The summed E-state index contributed by atoms with van der Waals surface area (Å²) in [5.74, 6) is 0.264. The molecule has 0 radical (unpaired) electrons. The number of likely N-dealkylation sites (tertiary alicyclic amines) is 2. The number of hydrogen-bond acceptors (Lipinski definition) is 5. The number of aromatic amines is 1. The number of carbonyl (C=O) groups is 2. The van der Waals surface area contributed by atoms with Crippen LogP contribution < -0.4 is 0 Å². The number of ether oxygens (including phenoxy) is 1. The van der Waals surface area contributed by atoms with Crippen LogP contribution >= 0.6 is 0 Å². The fraction of sp³-hybridized carbons (Fsp3) is 0.762. The zero-order valence-electron chi connectivity index (χ0n) is 17.7. The Morgan fingerprint density at radius 1 is 1.24 bits per heavy atom. The van der Waals surface area contributed by atoms with E-state index in [1.807, 2.05) is 9.80 Å². The minimum atomic E-state index is -0.434. The number of H-pyrrole nitrogens is 1. The quantitative estimate of drug-likeness (QED) is 0.815. The van der Waals surface area contributed by atoms with E-state index in [2.05, 4.69) is 21.8 Å². The van der Waals surface area contributed by atoms with Crippen LogP contribution in [-0.4, -0.2) is 89.0 Å². The third kappa shape index (κ3) is 3.57. The lowest BCUT2D eigenvalue weighted by atomic mass is 9.78. The molecule has 4 rings (SSSR count). The van der Waals surface area contributed by atoms with Crippen LogP contribution in [0.4, 0.5) is 0 Å². The second-order valence-electron chi connectivity index (χ2n) is 8.46. The van der Waals surface area contributed by atoms with Crippen LogP contribution in [-0.2, 0) is 26.3 Å². The maximum Gasteiger partial charge on any atom is 0.249 e. The molecule has 1 N–H and O–H groups in total. The first-order valence-corrected chi connectivity index (χ1v) is 11.0. The summed E-state index contributed by atoms with van der Waals surface area (Å²) >= 11 is 0. The molecule has 8 heteroatoms. The molecule has 0 unspecified atom stereocenters. The van der Waals surface area contributed by atoms with E-state index >= 15 is 0 Å². The zero-order valence-corrected chi connectivity index (χ0v) is 17.7. The number of hydrogen-bond donors (Lipinski definition) is 1. The molecule has 1 aromatic rings. The van der Waals surface area contributed by atoms with E-state index in [1.165, 1.54) is 6.42 Å². The molecule has 1 aromatic heterocycles. The summed E-state index contributed by atoms with van der Waals surface area (Å²) in [7, 11) is 1.55. The average Bonchev–Trinajstić information content (AvgIpc) is 3.24. The van der Waals surface area contributed by atoms with Crippen molar-refractivity contribution < 1.29 is 14.3 Å². The maximum atomic E-state index is 13.3. The lowest BCUT2D eigenvalue weighted by Gasteiger charge is -2.51. The Balaban J connectivity index is 1.52. The standard InChI is InChI=1S/C21H33N5O3/c1-3-24-10-5-4-6-17(24)20(28)25-12-8-21(9-13-25)19-16(22-15-23-19)7-11-26(21)18(27)14-29-2/h15,17H,3-14H2,1-2H3,(H,22,23)/t17-/m0/s1. The van der Waals surface area contributed by atoms with Gasteiger partial charge in [-0.2, -0.15) is 0 Å². The number of carbonyl (C=O) groups excluding carboxylic acids is 2. The first kappa shape index (κ1) is 20.3. The third-order valence-corrected chi connectivity index (χ3v) is 7.04. The number of fused-ring (bicyclic) bond motifs is 2. The highest BCUT2D eigenvalue weighted by Gasteiger charge is 2.49. The monoisotopic (exact) mass is 403 g/mol. The average molecular weight is 404 g/mol. The van der Waals surface area contributed by atoms with Gasteiger partial charge >= 0.3 is 0 Å². The fourth-order valence-corrected chi connectivity index (χ4v) is 5.51. The summed E-state index contributed by atoms with van der Waals surface area (Å²) in [6.45, 7) is 6.14. The summed E-state index contributed by atoms with van der Waals surface area (Å²) < 4.78 is 5.13. The fourth-order valence-electron chi connectivity index (χ4n) is 5.51. The Bertz CT molecular complexity index is 740. The van der Waals surface area contributed by atoms with Gasteiger partial charge in [0.05, 0.1) is 23.6 Å². The number of methoxy groups -OCH3 is 1. The molecule has 8 nitrogen and oxygen atoms in total.